The third-order valence-electron chi connectivity index (χ3n) is 5.34. The molecule has 0 aliphatic carbocycles. The first-order valence-corrected chi connectivity index (χ1v) is 10.2. The number of aromatic nitrogens is 5. The maximum absolute atomic E-state index is 13.9. The topological polar surface area (TPSA) is 95.6 Å². The molecule has 0 atom stereocenters. The Morgan fingerprint density at radius 1 is 1.03 bits per heavy atom. The molecule has 34 heavy (non-hydrogen) atoms. The second kappa shape index (κ2) is 8.66. The number of nitrogens with one attached hydrogen (secondary N) is 1. The molecule has 0 spiro atoms. The molecule has 170 valence electrons. The molecule has 1 amide bonds. The Balaban J connectivity index is 1.53. The number of nitrogens with zero attached hydrogens (tertiary/aromatic N) is 5. The zero-order valence-corrected chi connectivity index (χ0v) is 18.3. The largest absolute Gasteiger partial charge is 0.494 e. The predicted octanol–water partition coefficient (Wildman–Crippen LogP) is 4.58. The van der Waals surface area contributed by atoms with Crippen LogP contribution in [0.2, 0.25) is 0 Å². The van der Waals surface area contributed by atoms with Gasteiger partial charge in [-0.05, 0) is 36.4 Å². The van der Waals surface area contributed by atoms with Crippen LogP contribution in [0.25, 0.3) is 34.0 Å². The summed E-state index contributed by atoms with van der Waals surface area (Å²) in [6.45, 7) is 0. The zero-order valence-electron chi connectivity index (χ0n) is 18.3. The standard InChI is InChI=1S/C24H19FN6O3/c1-33-21-11-18(8-9-19(21)25)31-14-27-29-23(31)16-5-10-22-26-12-20(30(22)13-16)15-3-6-17(7-4-15)28-24(32)34-2/h3-14H,1-2H3,(H,28,32). The Hall–Kier alpha value is -4.73. The van der Waals surface area contributed by atoms with E-state index in [2.05, 4.69) is 25.2 Å². The molecule has 3 aromatic heterocycles. The number of benzene rings is 2. The summed E-state index contributed by atoms with van der Waals surface area (Å²) in [5, 5.41) is 11.0. The third kappa shape index (κ3) is 3.81. The number of ether oxygens (including phenoxy) is 2. The fourth-order valence-electron chi connectivity index (χ4n) is 3.64. The van der Waals surface area contributed by atoms with Crippen molar-refractivity contribution >= 4 is 17.4 Å². The predicted molar refractivity (Wildman–Crippen MR) is 124 cm³/mol. The number of hydrogen-bond donors (Lipinski definition) is 1. The lowest BCUT2D eigenvalue weighted by molar-refractivity contribution is 0.187. The molecule has 3 heterocycles. The number of imidazole rings is 1. The second-order valence-electron chi connectivity index (χ2n) is 7.33. The van der Waals surface area contributed by atoms with E-state index in [0.717, 1.165) is 22.5 Å². The van der Waals surface area contributed by atoms with Crippen molar-refractivity contribution in [2.75, 3.05) is 19.5 Å². The highest BCUT2D eigenvalue weighted by atomic mass is 19.1. The van der Waals surface area contributed by atoms with Gasteiger partial charge in [0.15, 0.2) is 17.4 Å². The van der Waals surface area contributed by atoms with Gasteiger partial charge in [-0.2, -0.15) is 0 Å². The summed E-state index contributed by atoms with van der Waals surface area (Å²) in [5.74, 6) is 0.264. The van der Waals surface area contributed by atoms with Crippen LogP contribution in [0.3, 0.4) is 0 Å². The number of amides is 1. The van der Waals surface area contributed by atoms with E-state index in [4.69, 9.17) is 4.74 Å². The molecule has 0 saturated heterocycles. The van der Waals surface area contributed by atoms with Crippen LogP contribution in [-0.4, -0.2) is 44.5 Å². The number of carbonyl (C=O) groups is 1. The van der Waals surface area contributed by atoms with Crippen LogP contribution in [0.1, 0.15) is 0 Å². The maximum Gasteiger partial charge on any atom is 0.411 e. The minimum atomic E-state index is -0.532. The summed E-state index contributed by atoms with van der Waals surface area (Å²) >= 11 is 0. The lowest BCUT2D eigenvalue weighted by Gasteiger charge is -2.10. The monoisotopic (exact) mass is 458 g/mol. The van der Waals surface area contributed by atoms with Crippen LogP contribution >= 0.6 is 0 Å². The lowest BCUT2D eigenvalue weighted by Crippen LogP contribution is -2.10. The third-order valence-corrected chi connectivity index (χ3v) is 5.34. The molecule has 0 radical (unpaired) electrons. The molecule has 0 saturated carbocycles. The minimum Gasteiger partial charge on any atom is -0.494 e. The first-order chi connectivity index (χ1) is 16.6. The van der Waals surface area contributed by atoms with Gasteiger partial charge in [0.1, 0.15) is 12.0 Å². The summed E-state index contributed by atoms with van der Waals surface area (Å²) in [6.07, 6.45) is 4.72. The highest BCUT2D eigenvalue weighted by Crippen LogP contribution is 2.28. The Labute approximate surface area is 193 Å². The molecule has 0 bridgehead atoms. The van der Waals surface area contributed by atoms with E-state index in [1.54, 1.807) is 41.4 Å². The van der Waals surface area contributed by atoms with E-state index in [-0.39, 0.29) is 5.75 Å². The summed E-state index contributed by atoms with van der Waals surface area (Å²) in [5.41, 5.74) is 4.59. The zero-order chi connectivity index (χ0) is 23.7. The summed E-state index contributed by atoms with van der Waals surface area (Å²) in [7, 11) is 2.73. The van der Waals surface area contributed by atoms with Crippen LogP contribution in [-0.2, 0) is 4.74 Å². The van der Waals surface area contributed by atoms with Gasteiger partial charge in [-0.3, -0.25) is 14.3 Å². The van der Waals surface area contributed by atoms with Gasteiger partial charge in [0.05, 0.1) is 31.8 Å². The summed E-state index contributed by atoms with van der Waals surface area (Å²) in [6, 6.07) is 15.7. The van der Waals surface area contributed by atoms with Crippen molar-refractivity contribution in [2.45, 2.75) is 0 Å². The number of fused-ring (bicyclic) bond motifs is 1. The van der Waals surface area contributed by atoms with E-state index in [9.17, 15) is 9.18 Å². The Bertz CT molecular complexity index is 1490. The average molecular weight is 458 g/mol. The number of carbonyl (C=O) groups excluding carboxylic acids is 1. The van der Waals surface area contributed by atoms with E-state index in [0.29, 0.717) is 17.2 Å². The average Bonchev–Trinajstić information content (AvgIpc) is 3.52. The quantitative estimate of drug-likeness (QED) is 0.414. The van der Waals surface area contributed by atoms with Gasteiger partial charge in [-0.1, -0.05) is 12.1 Å². The number of hydrogen-bond acceptors (Lipinski definition) is 6. The number of rotatable bonds is 5. The van der Waals surface area contributed by atoms with Crippen molar-refractivity contribution in [1.82, 2.24) is 24.1 Å². The fourth-order valence-corrected chi connectivity index (χ4v) is 3.64. The van der Waals surface area contributed by atoms with Gasteiger partial charge in [-0.15, -0.1) is 10.2 Å². The molecule has 0 aliphatic rings. The normalized spacial score (nSPS) is 10.9. The highest BCUT2D eigenvalue weighted by molar-refractivity contribution is 5.85. The molecule has 0 aliphatic heterocycles. The van der Waals surface area contributed by atoms with Crippen molar-refractivity contribution in [2.24, 2.45) is 0 Å². The molecule has 10 heteroatoms. The van der Waals surface area contributed by atoms with Gasteiger partial charge in [0, 0.05) is 29.1 Å². The van der Waals surface area contributed by atoms with Gasteiger partial charge < -0.3 is 9.47 Å². The van der Waals surface area contributed by atoms with Crippen LogP contribution < -0.4 is 10.1 Å². The van der Waals surface area contributed by atoms with Crippen molar-refractivity contribution in [3.05, 3.63) is 79.1 Å². The van der Waals surface area contributed by atoms with Gasteiger partial charge in [0.25, 0.3) is 0 Å². The highest BCUT2D eigenvalue weighted by Gasteiger charge is 2.14. The molecular weight excluding hydrogens is 439 g/mol. The van der Waals surface area contributed by atoms with Crippen LogP contribution in [0.5, 0.6) is 5.75 Å². The summed E-state index contributed by atoms with van der Waals surface area (Å²) in [4.78, 5) is 15.9. The molecule has 2 aromatic carbocycles. The van der Waals surface area contributed by atoms with Gasteiger partial charge >= 0.3 is 6.09 Å². The lowest BCUT2D eigenvalue weighted by atomic mass is 10.1. The SMILES string of the molecule is COC(=O)Nc1ccc(-c2cnc3ccc(-c4nncn4-c4ccc(F)c(OC)c4)cn23)cc1. The number of pyridine rings is 1. The molecule has 5 aromatic rings. The minimum absolute atomic E-state index is 0.134. The van der Waals surface area contributed by atoms with Crippen molar-refractivity contribution < 1.29 is 18.7 Å². The van der Waals surface area contributed by atoms with Gasteiger partial charge in [-0.25, -0.2) is 14.2 Å². The van der Waals surface area contributed by atoms with E-state index < -0.39 is 11.9 Å². The first-order valence-electron chi connectivity index (χ1n) is 10.2. The number of methoxy groups -OCH3 is 2. The molecule has 0 unspecified atom stereocenters. The maximum atomic E-state index is 13.9. The molecule has 9 nitrogen and oxygen atoms in total. The molecule has 5 rings (SSSR count). The van der Waals surface area contributed by atoms with Gasteiger partial charge in [0.2, 0.25) is 0 Å². The molecule has 1 N–H and O–H groups in total. The van der Waals surface area contributed by atoms with E-state index in [1.165, 1.54) is 20.3 Å². The number of halogens is 1. The first kappa shape index (κ1) is 21.1. The van der Waals surface area contributed by atoms with Crippen molar-refractivity contribution in [3.8, 4) is 34.1 Å². The van der Waals surface area contributed by atoms with Crippen LogP contribution in [0, 0.1) is 5.82 Å². The van der Waals surface area contributed by atoms with Crippen LogP contribution in [0.15, 0.2) is 73.3 Å². The smallest absolute Gasteiger partial charge is 0.411 e. The van der Waals surface area contributed by atoms with E-state index in [1.807, 2.05) is 34.9 Å². The Morgan fingerprint density at radius 3 is 2.59 bits per heavy atom. The Kier molecular flexibility index (Phi) is 5.38. The molecule has 0 fully saturated rings. The van der Waals surface area contributed by atoms with Crippen molar-refractivity contribution in [1.29, 1.82) is 0 Å². The summed E-state index contributed by atoms with van der Waals surface area (Å²) < 4.78 is 27.3. The van der Waals surface area contributed by atoms with E-state index >= 15 is 0 Å². The Morgan fingerprint density at radius 2 is 1.82 bits per heavy atom. The van der Waals surface area contributed by atoms with Crippen molar-refractivity contribution in [3.63, 3.8) is 0 Å². The second-order valence-corrected chi connectivity index (χ2v) is 7.33. The fraction of sp³-hybridized carbons (Fsp3) is 0.0833. The van der Waals surface area contributed by atoms with Crippen LogP contribution in [0.4, 0.5) is 14.9 Å². The molecular formula is C24H19FN6O3. The number of anilines is 1.